The summed E-state index contributed by atoms with van der Waals surface area (Å²) in [6.07, 6.45) is 2.83. The quantitative estimate of drug-likeness (QED) is 0.180. The summed E-state index contributed by atoms with van der Waals surface area (Å²) in [6, 6.07) is 17.8. The highest BCUT2D eigenvalue weighted by atomic mass is 35.5. The van der Waals surface area contributed by atoms with E-state index in [1.807, 2.05) is 55.4 Å². The molecule has 0 unspecified atom stereocenters. The zero-order valence-corrected chi connectivity index (χ0v) is 23.4. The van der Waals surface area contributed by atoms with Gasteiger partial charge in [-0.1, -0.05) is 24.3 Å². The highest BCUT2D eigenvalue weighted by molar-refractivity contribution is 6.07. The molecule has 41 heavy (non-hydrogen) atoms. The maximum atomic E-state index is 14.0. The molecule has 4 aromatic rings. The number of aromatic nitrogens is 1. The molecule has 0 bridgehead atoms. The first kappa shape index (κ1) is 29.6. The van der Waals surface area contributed by atoms with Crippen molar-refractivity contribution >= 4 is 52.8 Å². The Morgan fingerprint density at radius 3 is 2.32 bits per heavy atom. The molecule has 1 aliphatic carbocycles. The molecule has 0 atom stereocenters. The Bertz CT molecular complexity index is 1550. The number of anilines is 2. The van der Waals surface area contributed by atoms with E-state index in [0.29, 0.717) is 28.1 Å². The number of carbonyl (C=O) groups is 3. The molecule has 2 N–H and O–H groups in total. The van der Waals surface area contributed by atoms with Gasteiger partial charge in [0.05, 0.1) is 16.8 Å². The van der Waals surface area contributed by atoms with Gasteiger partial charge in [-0.25, -0.2) is 18.8 Å². The largest absolute Gasteiger partial charge is 0.424 e. The van der Waals surface area contributed by atoms with Crippen LogP contribution in [0.3, 0.4) is 0 Å². The van der Waals surface area contributed by atoms with Gasteiger partial charge in [0.1, 0.15) is 5.82 Å². The van der Waals surface area contributed by atoms with Crippen molar-refractivity contribution in [2.75, 3.05) is 31.5 Å². The van der Waals surface area contributed by atoms with Gasteiger partial charge in [-0.2, -0.15) is 0 Å². The molecule has 1 heterocycles. The summed E-state index contributed by atoms with van der Waals surface area (Å²) >= 11 is 0. The van der Waals surface area contributed by atoms with E-state index in [-0.39, 0.29) is 18.1 Å². The lowest BCUT2D eigenvalue weighted by atomic mass is 10.1. The minimum atomic E-state index is -0.866. The lowest BCUT2D eigenvalue weighted by molar-refractivity contribution is -0.00176. The number of hydrogen-bond donors (Lipinski definition) is 2. The van der Waals surface area contributed by atoms with Crippen LogP contribution in [0.4, 0.5) is 25.4 Å². The molecule has 3 aromatic carbocycles. The van der Waals surface area contributed by atoms with E-state index < -0.39 is 30.7 Å². The van der Waals surface area contributed by atoms with Gasteiger partial charge in [0, 0.05) is 23.8 Å². The van der Waals surface area contributed by atoms with Gasteiger partial charge in [0.2, 0.25) is 6.79 Å². The fourth-order valence-corrected chi connectivity index (χ4v) is 4.39. The fourth-order valence-electron chi connectivity index (χ4n) is 4.39. The first-order valence-corrected chi connectivity index (χ1v) is 12.8. The highest BCUT2D eigenvalue weighted by Crippen LogP contribution is 2.40. The number of urea groups is 1. The summed E-state index contributed by atoms with van der Waals surface area (Å²) in [5, 5.41) is 5.70. The Hall–Kier alpha value is -4.41. The van der Waals surface area contributed by atoms with Crippen LogP contribution >= 0.6 is 12.4 Å². The monoisotopic (exact) mass is 580 g/mol. The third-order valence-corrected chi connectivity index (χ3v) is 6.49. The van der Waals surface area contributed by atoms with Gasteiger partial charge < -0.3 is 25.0 Å². The number of rotatable bonds is 8. The molecule has 1 saturated carbocycles. The summed E-state index contributed by atoms with van der Waals surface area (Å²) in [5.41, 5.74) is 3.71. The Morgan fingerprint density at radius 1 is 0.951 bits per heavy atom. The molecule has 214 valence electrons. The number of esters is 1. The third-order valence-electron chi connectivity index (χ3n) is 6.49. The normalized spacial score (nSPS) is 12.5. The van der Waals surface area contributed by atoms with E-state index in [0.717, 1.165) is 16.7 Å². The standard InChI is InChI=1S/C30H29FN4O5.ClH/c1-34(2)16-19-3-5-22(6-4-19)28(36)39-18-40-30(38)35-17-26(25-15-23(31)11-14-27(25)35)33-29(37)32-24-12-9-21(10-13-24)20-7-8-20;/h3-6,9-15,17,20H,7-8,16,18H2,1-2H3,(H2,32,33,37);1H. The Balaban J connectivity index is 0.00000387. The van der Waals surface area contributed by atoms with Gasteiger partial charge in [0.25, 0.3) is 0 Å². The number of ether oxygens (including phenoxy) is 2. The number of halogens is 2. The molecule has 0 aliphatic heterocycles. The Labute approximate surface area is 242 Å². The van der Waals surface area contributed by atoms with Crippen molar-refractivity contribution in [3.8, 4) is 0 Å². The average molecular weight is 581 g/mol. The van der Waals surface area contributed by atoms with Gasteiger partial charge in [-0.15, -0.1) is 12.4 Å². The molecule has 1 fully saturated rings. The van der Waals surface area contributed by atoms with Crippen molar-refractivity contribution < 1.29 is 28.2 Å². The van der Waals surface area contributed by atoms with E-state index >= 15 is 0 Å². The van der Waals surface area contributed by atoms with Crippen LogP contribution < -0.4 is 10.6 Å². The van der Waals surface area contributed by atoms with Crippen molar-refractivity contribution in [1.29, 1.82) is 0 Å². The van der Waals surface area contributed by atoms with Crippen molar-refractivity contribution in [2.45, 2.75) is 25.3 Å². The second-order valence-electron chi connectivity index (χ2n) is 9.94. The topological polar surface area (TPSA) is 102 Å². The molecule has 5 rings (SSSR count). The Morgan fingerprint density at radius 2 is 1.66 bits per heavy atom. The zero-order valence-electron chi connectivity index (χ0n) is 22.6. The van der Waals surface area contributed by atoms with Crippen LogP contribution in [0.1, 0.15) is 40.2 Å². The molecule has 0 spiro atoms. The number of nitrogens with one attached hydrogen (secondary N) is 2. The molecule has 1 aliphatic rings. The average Bonchev–Trinajstić information content (AvgIpc) is 3.72. The van der Waals surface area contributed by atoms with E-state index in [1.165, 1.54) is 42.8 Å². The van der Waals surface area contributed by atoms with Crippen molar-refractivity contribution in [1.82, 2.24) is 9.47 Å². The number of hydrogen-bond acceptors (Lipinski definition) is 6. The van der Waals surface area contributed by atoms with Crippen LogP contribution in [0.25, 0.3) is 10.9 Å². The maximum Gasteiger partial charge on any atom is 0.421 e. The highest BCUT2D eigenvalue weighted by Gasteiger charge is 2.23. The lowest BCUT2D eigenvalue weighted by Crippen LogP contribution is -2.19. The van der Waals surface area contributed by atoms with Gasteiger partial charge in [-0.3, -0.25) is 4.57 Å². The van der Waals surface area contributed by atoms with Crippen molar-refractivity contribution in [2.24, 2.45) is 0 Å². The minimum Gasteiger partial charge on any atom is -0.424 e. The van der Waals surface area contributed by atoms with Crippen LogP contribution in [0.2, 0.25) is 0 Å². The van der Waals surface area contributed by atoms with E-state index in [4.69, 9.17) is 9.47 Å². The molecular formula is C30H30ClFN4O5. The van der Waals surface area contributed by atoms with Gasteiger partial charge in [-0.05, 0) is 86.4 Å². The summed E-state index contributed by atoms with van der Waals surface area (Å²) in [6.45, 7) is 0.103. The molecule has 11 heteroatoms. The van der Waals surface area contributed by atoms with Crippen LogP contribution in [0, 0.1) is 5.82 Å². The van der Waals surface area contributed by atoms with Crippen LogP contribution in [0.5, 0.6) is 0 Å². The van der Waals surface area contributed by atoms with Crippen LogP contribution in [0.15, 0.2) is 72.9 Å². The molecule has 2 amide bonds. The summed E-state index contributed by atoms with van der Waals surface area (Å²) in [4.78, 5) is 39.8. The fraction of sp³-hybridized carbons (Fsp3) is 0.233. The SMILES string of the molecule is CN(C)Cc1ccc(C(=O)OCOC(=O)n2cc(NC(=O)Nc3ccc(C4CC4)cc3)c3cc(F)ccc32)cc1.Cl. The number of amides is 2. The van der Waals surface area contributed by atoms with Gasteiger partial charge >= 0.3 is 18.1 Å². The number of fused-ring (bicyclic) bond motifs is 1. The number of nitrogens with zero attached hydrogens (tertiary/aromatic N) is 2. The Kier molecular flexibility index (Phi) is 9.26. The molecular weight excluding hydrogens is 551 g/mol. The number of benzene rings is 3. The third kappa shape index (κ3) is 7.41. The second kappa shape index (κ2) is 12.8. The number of carbonyl (C=O) groups excluding carboxylic acids is 3. The summed E-state index contributed by atoms with van der Waals surface area (Å²) in [7, 11) is 3.90. The molecule has 0 saturated heterocycles. The van der Waals surface area contributed by atoms with E-state index in [1.54, 1.807) is 12.1 Å². The summed E-state index contributed by atoms with van der Waals surface area (Å²) < 4.78 is 25.4. The predicted octanol–water partition coefficient (Wildman–Crippen LogP) is 6.58. The molecule has 9 nitrogen and oxygen atoms in total. The van der Waals surface area contributed by atoms with Crippen molar-refractivity contribution in [3.05, 3.63) is 95.4 Å². The zero-order chi connectivity index (χ0) is 28.2. The summed E-state index contributed by atoms with van der Waals surface area (Å²) in [5.74, 6) is -0.581. The van der Waals surface area contributed by atoms with E-state index in [9.17, 15) is 18.8 Å². The lowest BCUT2D eigenvalue weighted by Gasteiger charge is -2.10. The van der Waals surface area contributed by atoms with E-state index in [2.05, 4.69) is 10.6 Å². The van der Waals surface area contributed by atoms with Gasteiger partial charge in [0.15, 0.2) is 0 Å². The van der Waals surface area contributed by atoms with Crippen LogP contribution in [-0.4, -0.2) is 48.4 Å². The predicted molar refractivity (Wildman–Crippen MR) is 156 cm³/mol. The smallest absolute Gasteiger partial charge is 0.421 e. The first-order chi connectivity index (χ1) is 19.3. The minimum absolute atomic E-state index is 0. The van der Waals surface area contributed by atoms with Crippen molar-refractivity contribution in [3.63, 3.8) is 0 Å². The van der Waals surface area contributed by atoms with Crippen LogP contribution in [-0.2, 0) is 16.0 Å². The molecule has 1 aromatic heterocycles. The first-order valence-electron chi connectivity index (χ1n) is 12.8. The molecule has 0 radical (unpaired) electrons. The second-order valence-corrected chi connectivity index (χ2v) is 9.94. The maximum absolute atomic E-state index is 14.0.